The van der Waals surface area contributed by atoms with Crippen LogP contribution in [-0.4, -0.2) is 63.9 Å². The summed E-state index contributed by atoms with van der Waals surface area (Å²) in [6.45, 7) is 0.688. The summed E-state index contributed by atoms with van der Waals surface area (Å²) < 4.78 is 36.7. The first kappa shape index (κ1) is 25.8. The minimum Gasteiger partial charge on any atom is -0.400 e. The van der Waals surface area contributed by atoms with Crippen molar-refractivity contribution in [3.63, 3.8) is 0 Å². The number of aliphatic hydroxyl groups is 1. The molecule has 2 saturated heterocycles. The Balaban J connectivity index is 0.000000847. The van der Waals surface area contributed by atoms with Crippen LogP contribution in [-0.2, 0) is 20.2 Å². The van der Waals surface area contributed by atoms with E-state index in [0.29, 0.717) is 35.6 Å². The molecule has 2 aromatic heterocycles. The second kappa shape index (κ2) is 12.2. The predicted octanol–water partition coefficient (Wildman–Crippen LogP) is 4.18. The molecule has 4 aromatic rings. The number of anilines is 2. The molecule has 5 heterocycles. The lowest BCUT2D eigenvalue weighted by atomic mass is 10.1. The fraction of sp³-hybridized carbons (Fsp3) is 0.333. The molecule has 210 valence electrons. The Morgan fingerprint density at radius 3 is 2.85 bits per heavy atom. The summed E-state index contributed by atoms with van der Waals surface area (Å²) in [5.41, 5.74) is 4.01. The molecular weight excluding hydrogens is 551 g/mol. The van der Waals surface area contributed by atoms with Crippen LogP contribution in [0.15, 0.2) is 67.3 Å². The highest BCUT2D eigenvalue weighted by atomic mass is 32.1. The molecule has 0 aliphatic carbocycles. The van der Waals surface area contributed by atoms with Gasteiger partial charge in [0.15, 0.2) is 17.0 Å². The Morgan fingerprint density at radius 2 is 2.02 bits per heavy atom. The second-order valence-corrected chi connectivity index (χ2v) is 10.6. The average molecular weight is 586 g/mol. The Morgan fingerprint density at radius 1 is 1.23 bits per heavy atom. The van der Waals surface area contributed by atoms with Crippen LogP contribution in [0.4, 0.5) is 11.5 Å². The number of carbonyl (C=O) groups excluding carboxylic acids is 1. The van der Waals surface area contributed by atoms with Crippen LogP contribution < -0.4 is 9.99 Å². The number of carbonyl (C=O) groups is 1. The van der Waals surface area contributed by atoms with Crippen LogP contribution in [0.3, 0.4) is 0 Å². The highest BCUT2D eigenvalue weighted by Gasteiger charge is 2.46. The third-order valence-electron chi connectivity index (χ3n) is 6.94. The molecule has 13 heteroatoms. The van der Waals surface area contributed by atoms with Gasteiger partial charge in [-0.15, -0.1) is 0 Å². The highest BCUT2D eigenvalue weighted by Crippen LogP contribution is 2.58. The molecule has 5 atom stereocenters. The van der Waals surface area contributed by atoms with E-state index in [-0.39, 0.29) is 38.4 Å². The maximum atomic E-state index is 12.7. The zero-order chi connectivity index (χ0) is 28.3. The summed E-state index contributed by atoms with van der Waals surface area (Å²) in [6.07, 6.45) is 3.35. The van der Waals surface area contributed by atoms with Gasteiger partial charge in [0.1, 0.15) is 12.6 Å². The van der Waals surface area contributed by atoms with E-state index < -0.39 is 20.9 Å². The molecule has 11 nitrogen and oxygen atoms in total. The number of aliphatic hydroxyl groups excluding tert-OH is 1. The highest BCUT2D eigenvalue weighted by molar-refractivity contribution is 7.59. The molecular formula is C27H31N6O5PS. The minimum absolute atomic E-state index is 0. The smallest absolute Gasteiger partial charge is 0.290 e. The van der Waals surface area contributed by atoms with Gasteiger partial charge in [0.2, 0.25) is 1.43 Å². The summed E-state index contributed by atoms with van der Waals surface area (Å²) in [7, 11) is -0.000236. The molecule has 0 saturated carbocycles. The van der Waals surface area contributed by atoms with E-state index in [1.807, 2.05) is 16.7 Å². The first-order chi connectivity index (χ1) is 20.1. The van der Waals surface area contributed by atoms with Crippen molar-refractivity contribution in [2.75, 3.05) is 23.7 Å². The molecule has 0 radical (unpaired) electrons. The number of para-hydroxylation sites is 1. The molecule has 2 fully saturated rings. The van der Waals surface area contributed by atoms with Crippen molar-refractivity contribution in [3.05, 3.63) is 78.4 Å². The van der Waals surface area contributed by atoms with Crippen molar-refractivity contribution < 1.29 is 25.1 Å². The van der Waals surface area contributed by atoms with E-state index in [4.69, 9.17) is 16.6 Å². The van der Waals surface area contributed by atoms with Gasteiger partial charge in [-0.3, -0.25) is 9.36 Å². The Bertz CT molecular complexity index is 1520. The normalized spacial score (nSPS) is 25.2. The quantitative estimate of drug-likeness (QED) is 0.332. The van der Waals surface area contributed by atoms with E-state index in [0.717, 1.165) is 6.42 Å². The number of nitrogens with one attached hydrogen (secondary N) is 1. The SMILES string of the molecule is S.[2H]CC1OC(n2cnc3c(NC(=O)c4ccccc4)ncnc32)CC1O[P@@]1OC[C@@H]2Cc3ccccc3N21.[3H]OC. The van der Waals surface area contributed by atoms with Crippen molar-refractivity contribution >= 4 is 50.6 Å². The fourth-order valence-electron chi connectivity index (χ4n) is 5.11. The summed E-state index contributed by atoms with van der Waals surface area (Å²) >= 11 is 0. The number of hydrogen-bond acceptors (Lipinski definition) is 9. The van der Waals surface area contributed by atoms with Crippen molar-refractivity contribution in [1.29, 1.82) is 1.43 Å². The van der Waals surface area contributed by atoms with Crippen LogP contribution >= 0.6 is 22.0 Å². The Hall–Kier alpha value is -3.12. The summed E-state index contributed by atoms with van der Waals surface area (Å²) in [6, 6.07) is 17.6. The van der Waals surface area contributed by atoms with Gasteiger partial charge in [0.05, 0.1) is 31.2 Å². The van der Waals surface area contributed by atoms with Crippen molar-refractivity contribution in [3.8, 4) is 0 Å². The molecule has 2 aromatic carbocycles. The average Bonchev–Trinajstić information content (AvgIpc) is 3.77. The van der Waals surface area contributed by atoms with Crippen LogP contribution in [0.1, 0.15) is 36.8 Å². The number of hydrogen-bond donors (Lipinski definition) is 2. The van der Waals surface area contributed by atoms with E-state index in [1.165, 1.54) is 24.7 Å². The van der Waals surface area contributed by atoms with Crippen molar-refractivity contribution in [2.45, 2.75) is 44.2 Å². The number of nitrogens with zero attached hydrogens (tertiary/aromatic N) is 5. The molecule has 7 rings (SSSR count). The van der Waals surface area contributed by atoms with Gasteiger partial charge in [-0.2, -0.15) is 13.5 Å². The first-order valence-electron chi connectivity index (χ1n) is 13.7. The Kier molecular flexibility index (Phi) is 7.86. The monoisotopic (exact) mass is 585 g/mol. The topological polar surface area (TPSA) is 124 Å². The number of imidazole rings is 1. The lowest BCUT2D eigenvalue weighted by Gasteiger charge is -2.26. The standard InChI is InChI=1S/C26H25N6O4P.CH4O.H2S/c1-16-21(36-37-32-19(13-34-37)11-18-9-5-6-10-20(18)32)12-22(35-16)31-15-29-23-24(27-14-28-25(23)31)30-26(33)17-7-3-2-4-8-17;1-2;/h2-10,14-16,19,21-22H,11-13H2,1H3,(H,27,28,30,33);2H,1H3;1H2/t16?,19-,21?,22?,37+;;/m0../s1/i1D;2T;. The molecule has 40 heavy (non-hydrogen) atoms. The third kappa shape index (κ3) is 5.18. The lowest BCUT2D eigenvalue weighted by molar-refractivity contribution is -0.00255. The van der Waals surface area contributed by atoms with E-state index in [2.05, 4.69) is 48.2 Å². The van der Waals surface area contributed by atoms with Gasteiger partial charge in [0.25, 0.3) is 14.4 Å². The minimum atomic E-state index is -1.29. The fourth-order valence-corrected chi connectivity index (χ4v) is 6.94. The lowest BCUT2D eigenvalue weighted by Crippen LogP contribution is -2.26. The molecule has 1 amide bonds. The number of amides is 1. The van der Waals surface area contributed by atoms with Crippen LogP contribution in [0.2, 0.25) is 0 Å². The number of fused-ring (bicyclic) bond motifs is 4. The van der Waals surface area contributed by atoms with Gasteiger partial charge in [-0.25, -0.2) is 15.0 Å². The predicted molar refractivity (Wildman–Crippen MR) is 157 cm³/mol. The van der Waals surface area contributed by atoms with Gasteiger partial charge in [-0.1, -0.05) is 36.4 Å². The largest absolute Gasteiger partial charge is 0.400 e. The molecule has 3 aliphatic rings. The third-order valence-corrected chi connectivity index (χ3v) is 8.65. The first-order valence-corrected chi connectivity index (χ1v) is 13.7. The van der Waals surface area contributed by atoms with E-state index >= 15 is 0 Å². The van der Waals surface area contributed by atoms with Crippen LogP contribution in [0, 0.1) is 0 Å². The number of aromatic nitrogens is 4. The van der Waals surface area contributed by atoms with Gasteiger partial charge in [0, 0.05) is 26.2 Å². The molecule has 3 unspecified atom stereocenters. The zero-order valence-corrected chi connectivity index (χ0v) is 23.6. The molecule has 0 spiro atoms. The maximum absolute atomic E-state index is 12.7. The zero-order valence-electron chi connectivity index (χ0n) is 23.7. The second-order valence-electron chi connectivity index (χ2n) is 9.24. The van der Waals surface area contributed by atoms with E-state index in [1.54, 1.807) is 30.6 Å². The van der Waals surface area contributed by atoms with Crippen LogP contribution in [0.25, 0.3) is 11.2 Å². The summed E-state index contributed by atoms with van der Waals surface area (Å²) in [5.74, 6) is 0.0488. The summed E-state index contributed by atoms with van der Waals surface area (Å²) in [5, 5.41) is 6.33. The van der Waals surface area contributed by atoms with Gasteiger partial charge in [-0.05, 0) is 37.1 Å². The van der Waals surface area contributed by atoms with Gasteiger partial charge < -0.3 is 28.9 Å². The molecule has 3 aliphatic heterocycles. The molecule has 0 bridgehead atoms. The van der Waals surface area contributed by atoms with Crippen LogP contribution in [0.5, 0.6) is 0 Å². The number of ether oxygens (including phenoxy) is 1. The van der Waals surface area contributed by atoms with Crippen molar-refractivity contribution in [2.24, 2.45) is 0 Å². The van der Waals surface area contributed by atoms with Crippen molar-refractivity contribution in [1.82, 2.24) is 19.5 Å². The maximum Gasteiger partial charge on any atom is 0.290 e. The number of rotatable bonds is 5. The summed E-state index contributed by atoms with van der Waals surface area (Å²) in [4.78, 5) is 25.8. The van der Waals surface area contributed by atoms with Gasteiger partial charge >= 0.3 is 0 Å². The van der Waals surface area contributed by atoms with E-state index in [9.17, 15) is 4.79 Å². The number of benzene rings is 2. The Labute approximate surface area is 242 Å². The molecule has 2 N–H and O–H groups in total.